The van der Waals surface area contributed by atoms with E-state index in [1.54, 1.807) is 0 Å². The third-order valence-corrected chi connectivity index (χ3v) is 3.64. The number of halogens is 1. The summed E-state index contributed by atoms with van der Waals surface area (Å²) in [5.41, 5.74) is 0.457. The van der Waals surface area contributed by atoms with Crippen molar-refractivity contribution >= 4 is 30.2 Å². The van der Waals surface area contributed by atoms with Crippen molar-refractivity contribution in [3.8, 4) is 0 Å². The van der Waals surface area contributed by atoms with Crippen molar-refractivity contribution in [3.05, 3.63) is 29.6 Å². The number of nitrogens with zero attached hydrogens (tertiary/aromatic N) is 1. The number of ether oxygens (including phenoxy) is 1. The van der Waals surface area contributed by atoms with Crippen LogP contribution in [0.2, 0.25) is 0 Å². The molecule has 0 saturated carbocycles. The Kier molecular flexibility index (Phi) is 4.09. The average molecular weight is 283 g/mol. The molecule has 1 aromatic rings. The normalized spacial score (nSPS) is 18.8. The second-order valence-corrected chi connectivity index (χ2v) is 4.78. The number of amides is 1. The molecule has 6 heteroatoms. The van der Waals surface area contributed by atoms with Crippen molar-refractivity contribution in [3.63, 3.8) is 0 Å². The van der Waals surface area contributed by atoms with Gasteiger partial charge in [0.15, 0.2) is 0 Å². The van der Waals surface area contributed by atoms with Gasteiger partial charge in [0, 0.05) is 13.0 Å². The van der Waals surface area contributed by atoms with Crippen LogP contribution in [-0.4, -0.2) is 31.3 Å². The second-order valence-electron chi connectivity index (χ2n) is 4.41. The summed E-state index contributed by atoms with van der Waals surface area (Å²) in [5.74, 6) is -0.522. The highest BCUT2D eigenvalue weighted by molar-refractivity contribution is 7.80. The first-order valence-corrected chi connectivity index (χ1v) is 6.49. The minimum absolute atomic E-state index is 0.115. The number of thiol groups is 1. The van der Waals surface area contributed by atoms with Crippen molar-refractivity contribution in [1.29, 1.82) is 0 Å². The van der Waals surface area contributed by atoms with Crippen LogP contribution in [0.4, 0.5) is 10.1 Å². The molecule has 1 unspecified atom stereocenters. The van der Waals surface area contributed by atoms with E-state index in [-0.39, 0.29) is 23.1 Å². The van der Waals surface area contributed by atoms with Crippen LogP contribution in [0.5, 0.6) is 0 Å². The van der Waals surface area contributed by atoms with Crippen LogP contribution in [0.25, 0.3) is 0 Å². The summed E-state index contributed by atoms with van der Waals surface area (Å²) in [7, 11) is 1.25. The number of hydrogen-bond acceptors (Lipinski definition) is 4. The quantitative estimate of drug-likeness (QED) is 0.681. The lowest BCUT2D eigenvalue weighted by Gasteiger charge is -2.19. The Bertz CT molecular complexity index is 521. The molecule has 19 heavy (non-hydrogen) atoms. The zero-order valence-electron chi connectivity index (χ0n) is 10.4. The maximum atomic E-state index is 13.4. The number of rotatable bonds is 3. The molecule has 102 valence electrons. The summed E-state index contributed by atoms with van der Waals surface area (Å²) in [4.78, 5) is 25.0. The first-order chi connectivity index (χ1) is 9.06. The summed E-state index contributed by atoms with van der Waals surface area (Å²) in [6.07, 6.45) is 0.362. The average Bonchev–Trinajstić information content (AvgIpc) is 2.79. The number of anilines is 1. The van der Waals surface area contributed by atoms with E-state index >= 15 is 0 Å². The number of methoxy groups -OCH3 is 1. The zero-order chi connectivity index (χ0) is 14.0. The number of benzene rings is 1. The third kappa shape index (κ3) is 2.73. The Balaban J connectivity index is 2.41. The van der Waals surface area contributed by atoms with Gasteiger partial charge in [0.2, 0.25) is 5.91 Å². The van der Waals surface area contributed by atoms with Gasteiger partial charge < -0.3 is 9.64 Å². The van der Waals surface area contributed by atoms with Gasteiger partial charge in [-0.2, -0.15) is 12.6 Å². The fourth-order valence-electron chi connectivity index (χ4n) is 2.15. The lowest BCUT2D eigenvalue weighted by molar-refractivity contribution is -0.117. The number of carbonyl (C=O) groups is 2. The molecule has 2 rings (SSSR count). The Hall–Kier alpha value is -1.56. The molecular formula is C13H14FNO3S. The van der Waals surface area contributed by atoms with Crippen LogP contribution in [0.15, 0.2) is 18.2 Å². The molecule has 1 saturated heterocycles. The molecule has 0 spiro atoms. The molecule has 4 nitrogen and oxygen atoms in total. The van der Waals surface area contributed by atoms with Gasteiger partial charge in [0.25, 0.3) is 0 Å². The first-order valence-electron chi connectivity index (χ1n) is 5.86. The standard InChI is InChI=1S/C13H14FNO3S/c1-18-13(17)10-3-2-9(14)5-11(10)15-6-8(7-19)4-12(15)16/h2-3,5,8,19H,4,6-7H2,1H3. The molecule has 0 radical (unpaired) electrons. The maximum Gasteiger partial charge on any atom is 0.339 e. The third-order valence-electron chi connectivity index (χ3n) is 3.12. The maximum absolute atomic E-state index is 13.4. The predicted octanol–water partition coefficient (Wildman–Crippen LogP) is 1.89. The summed E-state index contributed by atoms with van der Waals surface area (Å²) >= 11 is 4.17. The largest absolute Gasteiger partial charge is 0.465 e. The molecule has 1 atom stereocenters. The molecule has 0 N–H and O–H groups in total. The number of hydrogen-bond donors (Lipinski definition) is 1. The van der Waals surface area contributed by atoms with Crippen LogP contribution in [0.1, 0.15) is 16.8 Å². The van der Waals surface area contributed by atoms with Gasteiger partial charge in [-0.3, -0.25) is 4.79 Å². The van der Waals surface area contributed by atoms with Gasteiger partial charge in [0.05, 0.1) is 18.4 Å². The van der Waals surface area contributed by atoms with E-state index in [1.165, 1.54) is 30.2 Å². The fourth-order valence-corrected chi connectivity index (χ4v) is 2.39. The van der Waals surface area contributed by atoms with Crippen molar-refractivity contribution in [1.82, 2.24) is 0 Å². The van der Waals surface area contributed by atoms with Crippen molar-refractivity contribution < 1.29 is 18.7 Å². The van der Waals surface area contributed by atoms with Gasteiger partial charge in [-0.25, -0.2) is 9.18 Å². The van der Waals surface area contributed by atoms with Crippen molar-refractivity contribution in [2.24, 2.45) is 5.92 Å². The highest BCUT2D eigenvalue weighted by Gasteiger charge is 2.32. The lowest BCUT2D eigenvalue weighted by Crippen LogP contribution is -2.27. The van der Waals surface area contributed by atoms with Crippen LogP contribution in [0, 0.1) is 11.7 Å². The fraction of sp³-hybridized carbons (Fsp3) is 0.385. The van der Waals surface area contributed by atoms with Crippen molar-refractivity contribution in [2.45, 2.75) is 6.42 Å². The van der Waals surface area contributed by atoms with Crippen molar-refractivity contribution in [2.75, 3.05) is 24.3 Å². The molecule has 0 aliphatic carbocycles. The molecule has 1 heterocycles. The molecule has 1 amide bonds. The highest BCUT2D eigenvalue weighted by Crippen LogP contribution is 2.29. The number of carbonyl (C=O) groups excluding carboxylic acids is 2. The van der Waals surface area contributed by atoms with Gasteiger partial charge >= 0.3 is 5.97 Å². The molecule has 1 aromatic carbocycles. The predicted molar refractivity (Wildman–Crippen MR) is 72.1 cm³/mol. The van der Waals surface area contributed by atoms with Crippen LogP contribution in [-0.2, 0) is 9.53 Å². The lowest BCUT2D eigenvalue weighted by atomic mass is 10.1. The topological polar surface area (TPSA) is 46.6 Å². The van der Waals surface area contributed by atoms with E-state index in [0.717, 1.165) is 0 Å². The summed E-state index contributed by atoms with van der Waals surface area (Å²) < 4.78 is 18.0. The van der Waals surface area contributed by atoms with Crippen LogP contribution < -0.4 is 4.90 Å². The minimum atomic E-state index is -0.586. The summed E-state index contributed by atoms with van der Waals surface area (Å²) in [5, 5.41) is 0. The smallest absolute Gasteiger partial charge is 0.339 e. The minimum Gasteiger partial charge on any atom is -0.465 e. The Morgan fingerprint density at radius 3 is 2.89 bits per heavy atom. The van der Waals surface area contributed by atoms with Gasteiger partial charge in [-0.05, 0) is 29.9 Å². The van der Waals surface area contributed by atoms with E-state index in [4.69, 9.17) is 0 Å². The molecule has 1 aliphatic heterocycles. The van der Waals surface area contributed by atoms with Crippen LogP contribution in [0.3, 0.4) is 0 Å². The van der Waals surface area contributed by atoms with E-state index < -0.39 is 11.8 Å². The molecular weight excluding hydrogens is 269 g/mol. The monoisotopic (exact) mass is 283 g/mol. The molecule has 0 aromatic heterocycles. The summed E-state index contributed by atoms with van der Waals surface area (Å²) in [6.45, 7) is 0.440. The van der Waals surface area contributed by atoms with Gasteiger partial charge in [-0.15, -0.1) is 0 Å². The summed E-state index contributed by atoms with van der Waals surface area (Å²) in [6, 6.07) is 3.69. The highest BCUT2D eigenvalue weighted by atomic mass is 32.1. The van der Waals surface area contributed by atoms with E-state index in [9.17, 15) is 14.0 Å². The second kappa shape index (κ2) is 5.61. The first kappa shape index (κ1) is 13.9. The number of esters is 1. The molecule has 0 bridgehead atoms. The molecule has 1 aliphatic rings. The Morgan fingerprint density at radius 1 is 1.58 bits per heavy atom. The zero-order valence-corrected chi connectivity index (χ0v) is 11.3. The van der Waals surface area contributed by atoms with E-state index in [2.05, 4.69) is 17.4 Å². The molecule has 1 fully saturated rings. The Labute approximate surface area is 115 Å². The van der Waals surface area contributed by atoms with E-state index in [1.807, 2.05) is 0 Å². The van der Waals surface area contributed by atoms with E-state index in [0.29, 0.717) is 18.7 Å². The van der Waals surface area contributed by atoms with Gasteiger partial charge in [0.1, 0.15) is 5.82 Å². The SMILES string of the molecule is COC(=O)c1ccc(F)cc1N1CC(CS)CC1=O. The Morgan fingerprint density at radius 2 is 2.32 bits per heavy atom. The van der Waals surface area contributed by atoms with Gasteiger partial charge in [-0.1, -0.05) is 0 Å². The van der Waals surface area contributed by atoms with Crippen LogP contribution >= 0.6 is 12.6 Å².